The second-order valence-corrected chi connectivity index (χ2v) is 8.90. The molecule has 2 amide bonds. The molecule has 2 aromatic rings. The van der Waals surface area contributed by atoms with Gasteiger partial charge in [0.05, 0.1) is 0 Å². The second kappa shape index (κ2) is 10.3. The van der Waals surface area contributed by atoms with Crippen LogP contribution in [0.3, 0.4) is 0 Å². The van der Waals surface area contributed by atoms with Gasteiger partial charge in [0.1, 0.15) is 5.01 Å². The molecule has 0 aliphatic carbocycles. The number of aryl methyl sites for hydroxylation is 1. The van der Waals surface area contributed by atoms with Gasteiger partial charge in [0.2, 0.25) is 11.0 Å². The van der Waals surface area contributed by atoms with Crippen molar-refractivity contribution in [3.8, 4) is 0 Å². The smallest absolute Gasteiger partial charge is 0.251 e. The SMILES string of the molecule is CCCCCc1nnc(NC(=O)CCNC(=O)c2ccc(C(C)(C)C)cc2)s1. The van der Waals surface area contributed by atoms with Crippen LogP contribution in [0.4, 0.5) is 5.13 Å². The summed E-state index contributed by atoms with van der Waals surface area (Å²) in [4.78, 5) is 24.2. The molecule has 28 heavy (non-hydrogen) atoms. The maximum Gasteiger partial charge on any atom is 0.251 e. The van der Waals surface area contributed by atoms with Gasteiger partial charge >= 0.3 is 0 Å². The number of nitrogens with zero attached hydrogens (tertiary/aromatic N) is 2. The highest BCUT2D eigenvalue weighted by molar-refractivity contribution is 7.15. The van der Waals surface area contributed by atoms with Crippen LogP contribution >= 0.6 is 11.3 Å². The topological polar surface area (TPSA) is 84.0 Å². The summed E-state index contributed by atoms with van der Waals surface area (Å²) < 4.78 is 0. The van der Waals surface area contributed by atoms with Crippen LogP contribution in [0.5, 0.6) is 0 Å². The Morgan fingerprint density at radius 3 is 2.43 bits per heavy atom. The summed E-state index contributed by atoms with van der Waals surface area (Å²) >= 11 is 1.41. The number of nitrogens with one attached hydrogen (secondary N) is 2. The van der Waals surface area contributed by atoms with E-state index in [4.69, 9.17) is 0 Å². The first-order valence-corrected chi connectivity index (χ1v) is 10.6. The van der Waals surface area contributed by atoms with E-state index in [0.29, 0.717) is 10.7 Å². The first kappa shape index (κ1) is 22.0. The third kappa shape index (κ3) is 7.03. The first-order chi connectivity index (χ1) is 13.3. The number of carbonyl (C=O) groups is 2. The predicted molar refractivity (Wildman–Crippen MR) is 114 cm³/mol. The van der Waals surface area contributed by atoms with E-state index in [-0.39, 0.29) is 30.2 Å². The summed E-state index contributed by atoms with van der Waals surface area (Å²) in [6.07, 6.45) is 4.50. The minimum atomic E-state index is -0.181. The lowest BCUT2D eigenvalue weighted by molar-refractivity contribution is -0.116. The fourth-order valence-corrected chi connectivity index (χ4v) is 3.42. The molecule has 6 nitrogen and oxygen atoms in total. The molecule has 152 valence electrons. The number of rotatable bonds is 9. The zero-order chi connectivity index (χ0) is 20.6. The molecule has 2 N–H and O–H groups in total. The number of benzene rings is 1. The van der Waals surface area contributed by atoms with Gasteiger partial charge in [-0.25, -0.2) is 0 Å². The van der Waals surface area contributed by atoms with E-state index < -0.39 is 0 Å². The van der Waals surface area contributed by atoms with E-state index >= 15 is 0 Å². The van der Waals surface area contributed by atoms with Crippen LogP contribution in [0.2, 0.25) is 0 Å². The average Bonchev–Trinajstić information content (AvgIpc) is 3.08. The predicted octanol–water partition coefficient (Wildman–Crippen LogP) is 4.33. The Morgan fingerprint density at radius 1 is 1.07 bits per heavy atom. The molecular weight excluding hydrogens is 372 g/mol. The molecule has 0 aliphatic heterocycles. The van der Waals surface area contributed by atoms with E-state index in [9.17, 15) is 9.59 Å². The zero-order valence-electron chi connectivity index (χ0n) is 17.2. The highest BCUT2D eigenvalue weighted by Crippen LogP contribution is 2.22. The van der Waals surface area contributed by atoms with Gasteiger partial charge < -0.3 is 10.6 Å². The lowest BCUT2D eigenvalue weighted by Gasteiger charge is -2.19. The highest BCUT2D eigenvalue weighted by atomic mass is 32.1. The monoisotopic (exact) mass is 402 g/mol. The van der Waals surface area contributed by atoms with Gasteiger partial charge in [-0.2, -0.15) is 0 Å². The number of hydrogen-bond acceptors (Lipinski definition) is 5. The molecule has 0 bridgehead atoms. The van der Waals surface area contributed by atoms with Crippen LogP contribution < -0.4 is 10.6 Å². The van der Waals surface area contributed by atoms with Crippen molar-refractivity contribution in [3.63, 3.8) is 0 Å². The standard InChI is InChI=1S/C21H30N4O2S/c1-5-6-7-8-18-24-25-20(28-18)23-17(26)13-14-22-19(27)15-9-11-16(12-10-15)21(2,3)4/h9-12H,5-8,13-14H2,1-4H3,(H,22,27)(H,23,25,26). The number of carbonyl (C=O) groups excluding carboxylic acids is 2. The first-order valence-electron chi connectivity index (χ1n) is 9.80. The van der Waals surface area contributed by atoms with E-state index in [1.165, 1.54) is 23.3 Å². The lowest BCUT2D eigenvalue weighted by atomic mass is 9.87. The molecule has 1 heterocycles. The van der Waals surface area contributed by atoms with Crippen molar-refractivity contribution in [2.45, 2.75) is 65.2 Å². The lowest BCUT2D eigenvalue weighted by Crippen LogP contribution is -2.27. The van der Waals surface area contributed by atoms with Gasteiger partial charge in [-0.3, -0.25) is 9.59 Å². The zero-order valence-corrected chi connectivity index (χ0v) is 18.0. The Labute approximate surface area is 171 Å². The molecule has 0 spiro atoms. The van der Waals surface area contributed by atoms with Crippen molar-refractivity contribution >= 4 is 28.3 Å². The summed E-state index contributed by atoms with van der Waals surface area (Å²) in [5.41, 5.74) is 1.82. The summed E-state index contributed by atoms with van der Waals surface area (Å²) in [6.45, 7) is 8.83. The Balaban J connectivity index is 1.73. The van der Waals surface area contributed by atoms with Gasteiger partial charge in [-0.1, -0.05) is 64.0 Å². The van der Waals surface area contributed by atoms with Gasteiger partial charge in [0, 0.05) is 24.9 Å². The maximum absolute atomic E-state index is 12.2. The van der Waals surface area contributed by atoms with Crippen molar-refractivity contribution in [1.82, 2.24) is 15.5 Å². The van der Waals surface area contributed by atoms with Crippen molar-refractivity contribution in [3.05, 3.63) is 40.4 Å². The van der Waals surface area contributed by atoms with Crippen molar-refractivity contribution in [1.29, 1.82) is 0 Å². The molecule has 0 saturated carbocycles. The summed E-state index contributed by atoms with van der Waals surface area (Å²) in [7, 11) is 0. The Bertz CT molecular complexity index is 778. The van der Waals surface area contributed by atoms with E-state index in [2.05, 4.69) is 48.5 Å². The third-order valence-electron chi connectivity index (χ3n) is 4.36. The number of amides is 2. The summed E-state index contributed by atoms with van der Waals surface area (Å²) in [5, 5.41) is 15.1. The number of hydrogen-bond donors (Lipinski definition) is 2. The van der Waals surface area contributed by atoms with E-state index in [1.54, 1.807) is 0 Å². The molecule has 2 rings (SSSR count). The Kier molecular flexibility index (Phi) is 8.11. The number of aromatic nitrogens is 2. The molecule has 7 heteroatoms. The van der Waals surface area contributed by atoms with Crippen LogP contribution in [0.15, 0.2) is 24.3 Å². The molecular formula is C21H30N4O2S. The third-order valence-corrected chi connectivity index (χ3v) is 5.26. The van der Waals surface area contributed by atoms with E-state index in [1.807, 2.05) is 24.3 Å². The number of unbranched alkanes of at least 4 members (excludes halogenated alkanes) is 2. The molecule has 0 atom stereocenters. The fraction of sp³-hybridized carbons (Fsp3) is 0.524. The fourth-order valence-electron chi connectivity index (χ4n) is 2.63. The molecule has 1 aromatic carbocycles. The Hall–Kier alpha value is -2.28. The van der Waals surface area contributed by atoms with Crippen molar-refractivity contribution in [2.24, 2.45) is 0 Å². The molecule has 0 radical (unpaired) electrons. The van der Waals surface area contributed by atoms with Crippen LogP contribution in [0, 0.1) is 0 Å². The minimum Gasteiger partial charge on any atom is -0.352 e. The normalized spacial score (nSPS) is 11.3. The van der Waals surface area contributed by atoms with E-state index in [0.717, 1.165) is 24.3 Å². The Morgan fingerprint density at radius 2 is 1.79 bits per heavy atom. The molecule has 0 fully saturated rings. The molecule has 1 aromatic heterocycles. The van der Waals surface area contributed by atoms with Gasteiger partial charge in [0.15, 0.2) is 0 Å². The average molecular weight is 403 g/mol. The van der Waals surface area contributed by atoms with Gasteiger partial charge in [-0.15, -0.1) is 10.2 Å². The molecule has 0 aliphatic rings. The van der Waals surface area contributed by atoms with Crippen LogP contribution in [0.25, 0.3) is 0 Å². The highest BCUT2D eigenvalue weighted by Gasteiger charge is 2.14. The quantitative estimate of drug-likeness (QED) is 0.612. The molecule has 0 unspecified atom stereocenters. The van der Waals surface area contributed by atoms with Gasteiger partial charge in [0.25, 0.3) is 5.91 Å². The second-order valence-electron chi connectivity index (χ2n) is 7.84. The van der Waals surface area contributed by atoms with Crippen molar-refractivity contribution < 1.29 is 9.59 Å². The van der Waals surface area contributed by atoms with Gasteiger partial charge in [-0.05, 0) is 29.5 Å². The van der Waals surface area contributed by atoms with Crippen molar-refractivity contribution in [2.75, 3.05) is 11.9 Å². The van der Waals surface area contributed by atoms with Crippen LogP contribution in [-0.2, 0) is 16.6 Å². The maximum atomic E-state index is 12.2. The largest absolute Gasteiger partial charge is 0.352 e. The summed E-state index contributed by atoms with van der Waals surface area (Å²) in [5.74, 6) is -0.359. The number of anilines is 1. The molecule has 0 saturated heterocycles. The van der Waals surface area contributed by atoms with Crippen LogP contribution in [0.1, 0.15) is 74.3 Å². The minimum absolute atomic E-state index is 0.0493. The van der Waals surface area contributed by atoms with Crippen LogP contribution in [-0.4, -0.2) is 28.6 Å². The summed E-state index contributed by atoms with van der Waals surface area (Å²) in [6, 6.07) is 7.57.